The molecule has 1 saturated carbocycles. The van der Waals surface area contributed by atoms with Crippen molar-refractivity contribution < 1.29 is 5.11 Å². The summed E-state index contributed by atoms with van der Waals surface area (Å²) < 4.78 is 0. The molecule has 3 nitrogen and oxygen atoms in total. The van der Waals surface area contributed by atoms with Gasteiger partial charge in [0.2, 0.25) is 0 Å². The molecule has 0 aromatic carbocycles. The maximum Gasteiger partial charge on any atom is 0.0603 e. The van der Waals surface area contributed by atoms with Crippen LogP contribution in [0.3, 0.4) is 0 Å². The zero-order valence-corrected chi connectivity index (χ0v) is 11.1. The van der Waals surface area contributed by atoms with Crippen molar-refractivity contribution in [2.75, 3.05) is 20.1 Å². The highest BCUT2D eigenvalue weighted by atomic mass is 16.3. The smallest absolute Gasteiger partial charge is 0.0603 e. The van der Waals surface area contributed by atoms with Crippen LogP contribution in [0.2, 0.25) is 0 Å². The summed E-state index contributed by atoms with van der Waals surface area (Å²) in [5.74, 6) is 0.653. The van der Waals surface area contributed by atoms with Crippen molar-refractivity contribution in [3.63, 3.8) is 0 Å². The van der Waals surface area contributed by atoms with Crippen molar-refractivity contribution in [1.82, 2.24) is 4.90 Å². The highest BCUT2D eigenvalue weighted by molar-refractivity contribution is 4.83. The fraction of sp³-hybridized carbons (Fsp3) is 1.00. The van der Waals surface area contributed by atoms with Crippen molar-refractivity contribution >= 4 is 0 Å². The Kier molecular flexibility index (Phi) is 5.22. The third-order valence-electron chi connectivity index (χ3n) is 3.81. The van der Waals surface area contributed by atoms with Crippen molar-refractivity contribution in [2.45, 2.75) is 57.6 Å². The summed E-state index contributed by atoms with van der Waals surface area (Å²) in [4.78, 5) is 2.40. The van der Waals surface area contributed by atoms with Crippen LogP contribution in [0.1, 0.15) is 46.0 Å². The minimum absolute atomic E-state index is 0.554. The van der Waals surface area contributed by atoms with Crippen LogP contribution in [0.15, 0.2) is 0 Å². The van der Waals surface area contributed by atoms with E-state index in [0.717, 1.165) is 19.5 Å². The molecule has 1 aliphatic rings. The number of rotatable bonds is 5. The molecule has 0 aliphatic heterocycles. The van der Waals surface area contributed by atoms with E-state index in [1.165, 1.54) is 25.7 Å². The average Bonchev–Trinajstić information content (AvgIpc) is 2.25. The quantitative estimate of drug-likeness (QED) is 0.751. The lowest BCUT2D eigenvalue weighted by Gasteiger charge is -2.38. The summed E-state index contributed by atoms with van der Waals surface area (Å²) in [7, 11) is 2.17. The van der Waals surface area contributed by atoms with Crippen LogP contribution in [0, 0.1) is 5.92 Å². The Hall–Kier alpha value is -0.120. The van der Waals surface area contributed by atoms with E-state index in [1.54, 1.807) is 0 Å². The van der Waals surface area contributed by atoms with E-state index in [-0.39, 0.29) is 0 Å². The average molecular weight is 228 g/mol. The van der Waals surface area contributed by atoms with Gasteiger partial charge in [-0.05, 0) is 52.6 Å². The van der Waals surface area contributed by atoms with Crippen LogP contribution in [-0.4, -0.2) is 41.8 Å². The van der Waals surface area contributed by atoms with Gasteiger partial charge >= 0.3 is 0 Å². The van der Waals surface area contributed by atoms with E-state index in [4.69, 9.17) is 5.73 Å². The second-order valence-corrected chi connectivity index (χ2v) is 5.89. The number of hydrogen-bond donors (Lipinski definition) is 2. The zero-order valence-electron chi connectivity index (χ0n) is 11.1. The third kappa shape index (κ3) is 4.40. The van der Waals surface area contributed by atoms with E-state index in [2.05, 4.69) is 11.9 Å². The number of nitrogens with zero attached hydrogens (tertiary/aromatic N) is 1. The molecular weight excluding hydrogens is 200 g/mol. The van der Waals surface area contributed by atoms with Crippen LogP contribution >= 0.6 is 0 Å². The molecule has 3 N–H and O–H groups in total. The Labute approximate surface area is 100 Å². The lowest BCUT2D eigenvalue weighted by atomic mass is 9.83. The molecule has 0 amide bonds. The van der Waals surface area contributed by atoms with Gasteiger partial charge in [0, 0.05) is 12.6 Å². The molecule has 0 saturated heterocycles. The summed E-state index contributed by atoms with van der Waals surface area (Å²) in [5.41, 5.74) is 5.28. The van der Waals surface area contributed by atoms with Gasteiger partial charge in [0.25, 0.3) is 0 Å². The van der Waals surface area contributed by atoms with Gasteiger partial charge in [-0.15, -0.1) is 0 Å². The normalized spacial score (nSPS) is 27.4. The van der Waals surface area contributed by atoms with Crippen molar-refractivity contribution in [2.24, 2.45) is 11.7 Å². The van der Waals surface area contributed by atoms with E-state index in [1.807, 2.05) is 13.8 Å². The second kappa shape index (κ2) is 5.99. The first-order valence-corrected chi connectivity index (χ1v) is 6.57. The highest BCUT2D eigenvalue weighted by Gasteiger charge is 2.27. The van der Waals surface area contributed by atoms with Gasteiger partial charge in [-0.1, -0.05) is 12.8 Å². The molecule has 0 spiro atoms. The molecule has 1 aliphatic carbocycles. The van der Waals surface area contributed by atoms with E-state index in [9.17, 15) is 5.11 Å². The van der Waals surface area contributed by atoms with Crippen molar-refractivity contribution in [3.8, 4) is 0 Å². The van der Waals surface area contributed by atoms with Crippen LogP contribution in [0.4, 0.5) is 0 Å². The van der Waals surface area contributed by atoms with Gasteiger partial charge in [-0.2, -0.15) is 0 Å². The predicted octanol–water partition coefficient (Wildman–Crippen LogP) is 1.60. The Morgan fingerprint density at radius 2 is 1.94 bits per heavy atom. The number of hydrogen-bond acceptors (Lipinski definition) is 3. The highest BCUT2D eigenvalue weighted by Crippen LogP contribution is 2.27. The first-order chi connectivity index (χ1) is 7.44. The van der Waals surface area contributed by atoms with Crippen LogP contribution in [-0.2, 0) is 0 Å². The molecular formula is C13H28N2O. The molecule has 1 fully saturated rings. The minimum atomic E-state index is -0.554. The fourth-order valence-corrected chi connectivity index (χ4v) is 2.66. The maximum atomic E-state index is 9.74. The molecule has 96 valence electrons. The van der Waals surface area contributed by atoms with E-state index in [0.29, 0.717) is 12.0 Å². The third-order valence-corrected chi connectivity index (χ3v) is 3.81. The van der Waals surface area contributed by atoms with Crippen LogP contribution < -0.4 is 5.73 Å². The van der Waals surface area contributed by atoms with Gasteiger partial charge in [0.05, 0.1) is 5.60 Å². The topological polar surface area (TPSA) is 49.5 Å². The van der Waals surface area contributed by atoms with Gasteiger partial charge in [0.1, 0.15) is 0 Å². The second-order valence-electron chi connectivity index (χ2n) is 5.89. The molecule has 0 heterocycles. The monoisotopic (exact) mass is 228 g/mol. The van der Waals surface area contributed by atoms with Gasteiger partial charge in [0.15, 0.2) is 0 Å². The summed E-state index contributed by atoms with van der Waals surface area (Å²) in [5, 5.41) is 9.74. The zero-order chi connectivity index (χ0) is 12.2. The van der Waals surface area contributed by atoms with Gasteiger partial charge in [-0.3, -0.25) is 0 Å². The number of aliphatic hydroxyl groups is 1. The van der Waals surface area contributed by atoms with Gasteiger partial charge in [-0.25, -0.2) is 0 Å². The van der Waals surface area contributed by atoms with Gasteiger partial charge < -0.3 is 15.7 Å². The Bertz CT molecular complexity index is 201. The molecule has 2 atom stereocenters. The first-order valence-electron chi connectivity index (χ1n) is 6.57. The lowest BCUT2D eigenvalue weighted by Crippen LogP contribution is -2.44. The summed E-state index contributed by atoms with van der Waals surface area (Å²) in [6, 6.07) is 0.626. The number of nitrogens with two attached hydrogens (primary N) is 1. The molecule has 2 unspecified atom stereocenters. The van der Waals surface area contributed by atoms with Crippen molar-refractivity contribution in [1.29, 1.82) is 0 Å². The fourth-order valence-electron chi connectivity index (χ4n) is 2.66. The summed E-state index contributed by atoms with van der Waals surface area (Å²) in [6.45, 7) is 5.52. The summed E-state index contributed by atoms with van der Waals surface area (Å²) >= 11 is 0. The summed E-state index contributed by atoms with van der Waals surface area (Å²) in [6.07, 6.45) is 6.03. The SMILES string of the molecule is CN(CCC(C)(C)O)C1CCCCC1CN. The lowest BCUT2D eigenvalue weighted by molar-refractivity contribution is 0.0456. The molecule has 0 bridgehead atoms. The van der Waals surface area contributed by atoms with E-state index < -0.39 is 5.60 Å². The van der Waals surface area contributed by atoms with Crippen molar-refractivity contribution in [3.05, 3.63) is 0 Å². The Morgan fingerprint density at radius 3 is 2.50 bits per heavy atom. The molecule has 1 rings (SSSR count). The molecule has 16 heavy (non-hydrogen) atoms. The predicted molar refractivity (Wildman–Crippen MR) is 68.3 cm³/mol. The van der Waals surface area contributed by atoms with E-state index >= 15 is 0 Å². The maximum absolute atomic E-state index is 9.74. The van der Waals surface area contributed by atoms with Crippen LogP contribution in [0.5, 0.6) is 0 Å². The Balaban J connectivity index is 2.41. The molecule has 0 aromatic heterocycles. The Morgan fingerprint density at radius 1 is 1.31 bits per heavy atom. The standard InChI is InChI=1S/C13H28N2O/c1-13(2,16)8-9-15(3)12-7-5-4-6-11(12)10-14/h11-12,16H,4-10,14H2,1-3H3. The van der Waals surface area contributed by atoms with Crippen LogP contribution in [0.25, 0.3) is 0 Å². The molecule has 3 heteroatoms. The largest absolute Gasteiger partial charge is 0.390 e. The molecule has 0 aromatic rings. The molecule has 0 radical (unpaired) electrons. The first kappa shape index (κ1) is 13.9. The minimum Gasteiger partial charge on any atom is -0.390 e.